The van der Waals surface area contributed by atoms with Gasteiger partial charge in [0.1, 0.15) is 0 Å². The highest BCUT2D eigenvalue weighted by molar-refractivity contribution is 6.17. The van der Waals surface area contributed by atoms with Gasteiger partial charge >= 0.3 is 0 Å². The van der Waals surface area contributed by atoms with Crippen molar-refractivity contribution in [2.24, 2.45) is 0 Å². The average Bonchev–Trinajstić information content (AvgIpc) is 2.16. The van der Waals surface area contributed by atoms with Crippen LogP contribution in [0.2, 0.25) is 0 Å². The van der Waals surface area contributed by atoms with Gasteiger partial charge in [-0.15, -0.1) is 11.6 Å². The van der Waals surface area contributed by atoms with Gasteiger partial charge in [-0.05, 0) is 19.9 Å². The third-order valence-corrected chi connectivity index (χ3v) is 1.85. The van der Waals surface area contributed by atoms with Crippen molar-refractivity contribution >= 4 is 11.6 Å². The summed E-state index contributed by atoms with van der Waals surface area (Å²) in [4.78, 5) is 0. The normalized spacial score (nSPS) is 13.2. The van der Waals surface area contributed by atoms with Gasteiger partial charge in [0.25, 0.3) is 0 Å². The Morgan fingerprint density at radius 3 is 2.77 bits per heavy atom. The predicted octanol–water partition coefficient (Wildman–Crippen LogP) is 1.26. The Labute approximate surface area is 85.7 Å². The number of nitrogens with one attached hydrogen (secondary N) is 1. The molecule has 1 N–H and O–H groups in total. The minimum absolute atomic E-state index is 0.281. The maximum atomic E-state index is 5.44. The first-order valence-electron chi connectivity index (χ1n) is 4.68. The zero-order chi connectivity index (χ0) is 9.94. The second kappa shape index (κ2) is 10.3. The molecule has 1 atom stereocenters. The monoisotopic (exact) mass is 209 g/mol. The first kappa shape index (κ1) is 13.2. The summed E-state index contributed by atoms with van der Waals surface area (Å²) in [5.74, 6) is 0.578. The fraction of sp³-hybridized carbons (Fsp3) is 1.00. The molecule has 3 nitrogen and oxygen atoms in total. The average molecular weight is 210 g/mol. The largest absolute Gasteiger partial charge is 0.380 e. The number of halogens is 1. The second-order valence-corrected chi connectivity index (χ2v) is 3.28. The molecule has 0 aromatic heterocycles. The van der Waals surface area contributed by atoms with Crippen molar-refractivity contribution in [1.29, 1.82) is 0 Å². The molecule has 0 fully saturated rings. The van der Waals surface area contributed by atoms with Crippen molar-refractivity contribution in [2.45, 2.75) is 19.4 Å². The number of hydrogen-bond acceptors (Lipinski definition) is 3. The van der Waals surface area contributed by atoms with Gasteiger partial charge in [0, 0.05) is 26.1 Å². The van der Waals surface area contributed by atoms with Crippen LogP contribution in [0, 0.1) is 0 Å². The van der Waals surface area contributed by atoms with Crippen LogP contribution in [-0.2, 0) is 9.47 Å². The summed E-state index contributed by atoms with van der Waals surface area (Å²) in [6.45, 7) is 5.33. The van der Waals surface area contributed by atoms with Gasteiger partial charge in [-0.1, -0.05) is 0 Å². The SMILES string of the molecule is COC(C)CNCCCOCCCl. The Kier molecular flexibility index (Phi) is 10.4. The van der Waals surface area contributed by atoms with E-state index in [1.54, 1.807) is 7.11 Å². The molecule has 4 heteroatoms. The Morgan fingerprint density at radius 1 is 1.38 bits per heavy atom. The molecule has 0 aromatic carbocycles. The van der Waals surface area contributed by atoms with E-state index in [1.165, 1.54) is 0 Å². The van der Waals surface area contributed by atoms with Crippen molar-refractivity contribution in [1.82, 2.24) is 5.32 Å². The zero-order valence-electron chi connectivity index (χ0n) is 8.51. The highest BCUT2D eigenvalue weighted by Gasteiger charge is 1.96. The van der Waals surface area contributed by atoms with E-state index in [1.807, 2.05) is 6.92 Å². The lowest BCUT2D eigenvalue weighted by Crippen LogP contribution is -2.27. The van der Waals surface area contributed by atoms with Crippen molar-refractivity contribution in [3.8, 4) is 0 Å². The summed E-state index contributed by atoms with van der Waals surface area (Å²) >= 11 is 5.44. The third kappa shape index (κ3) is 10.1. The van der Waals surface area contributed by atoms with Gasteiger partial charge in [-0.25, -0.2) is 0 Å². The molecule has 80 valence electrons. The van der Waals surface area contributed by atoms with Crippen LogP contribution in [0.15, 0.2) is 0 Å². The number of ether oxygens (including phenoxy) is 2. The number of methoxy groups -OCH3 is 1. The highest BCUT2D eigenvalue weighted by atomic mass is 35.5. The standard InChI is InChI=1S/C9H20ClNO2/c1-9(12-2)8-11-5-3-6-13-7-4-10/h9,11H,3-8H2,1-2H3. The molecule has 0 aliphatic rings. The van der Waals surface area contributed by atoms with Crippen LogP contribution < -0.4 is 5.32 Å². The molecule has 13 heavy (non-hydrogen) atoms. The number of hydrogen-bond donors (Lipinski definition) is 1. The van der Waals surface area contributed by atoms with Crippen molar-refractivity contribution in [2.75, 3.05) is 39.3 Å². The molecule has 0 aromatic rings. The van der Waals surface area contributed by atoms with Crippen LogP contribution in [-0.4, -0.2) is 45.4 Å². The van der Waals surface area contributed by atoms with E-state index in [0.29, 0.717) is 12.5 Å². The molecular weight excluding hydrogens is 190 g/mol. The van der Waals surface area contributed by atoms with Crippen molar-refractivity contribution in [3.63, 3.8) is 0 Å². The van der Waals surface area contributed by atoms with Crippen LogP contribution in [0.4, 0.5) is 0 Å². The predicted molar refractivity (Wildman–Crippen MR) is 55.5 cm³/mol. The summed E-state index contributed by atoms with van der Waals surface area (Å²) in [6, 6.07) is 0. The summed E-state index contributed by atoms with van der Waals surface area (Å²) in [5, 5.41) is 3.28. The van der Waals surface area contributed by atoms with Gasteiger partial charge in [-0.3, -0.25) is 0 Å². The van der Waals surface area contributed by atoms with Crippen LogP contribution in [0.1, 0.15) is 13.3 Å². The maximum Gasteiger partial charge on any atom is 0.0667 e. The maximum absolute atomic E-state index is 5.44. The van der Waals surface area contributed by atoms with E-state index in [4.69, 9.17) is 21.1 Å². The van der Waals surface area contributed by atoms with Crippen LogP contribution in [0.5, 0.6) is 0 Å². The molecule has 0 spiro atoms. The molecule has 1 unspecified atom stereocenters. The molecule has 0 saturated heterocycles. The Morgan fingerprint density at radius 2 is 2.15 bits per heavy atom. The smallest absolute Gasteiger partial charge is 0.0667 e. The summed E-state index contributed by atoms with van der Waals surface area (Å²) < 4.78 is 10.3. The Bertz CT molecular complexity index is 104. The molecule has 0 rings (SSSR count). The van der Waals surface area contributed by atoms with E-state index in [2.05, 4.69) is 5.32 Å². The van der Waals surface area contributed by atoms with E-state index >= 15 is 0 Å². The molecule has 0 amide bonds. The van der Waals surface area contributed by atoms with Crippen LogP contribution in [0.3, 0.4) is 0 Å². The molecule has 0 radical (unpaired) electrons. The number of rotatable bonds is 9. The van der Waals surface area contributed by atoms with Gasteiger partial charge in [-0.2, -0.15) is 0 Å². The lowest BCUT2D eigenvalue weighted by atomic mass is 10.4. The molecule has 0 aliphatic heterocycles. The van der Waals surface area contributed by atoms with E-state index in [0.717, 1.165) is 26.1 Å². The quantitative estimate of drug-likeness (QED) is 0.458. The molecule has 0 saturated carbocycles. The molecule has 0 bridgehead atoms. The topological polar surface area (TPSA) is 30.5 Å². The van der Waals surface area contributed by atoms with Gasteiger partial charge < -0.3 is 14.8 Å². The first-order chi connectivity index (χ1) is 6.31. The molecule has 0 heterocycles. The van der Waals surface area contributed by atoms with Gasteiger partial charge in [0.15, 0.2) is 0 Å². The second-order valence-electron chi connectivity index (χ2n) is 2.91. The zero-order valence-corrected chi connectivity index (χ0v) is 9.27. The lowest BCUT2D eigenvalue weighted by molar-refractivity contribution is 0.114. The molecular formula is C9H20ClNO2. The fourth-order valence-corrected chi connectivity index (χ4v) is 0.954. The highest BCUT2D eigenvalue weighted by Crippen LogP contribution is 1.86. The Balaban J connectivity index is 2.91. The lowest BCUT2D eigenvalue weighted by Gasteiger charge is -2.10. The Hall–Kier alpha value is 0.170. The van der Waals surface area contributed by atoms with Gasteiger partial charge in [0.05, 0.1) is 12.7 Å². The van der Waals surface area contributed by atoms with Crippen molar-refractivity contribution in [3.05, 3.63) is 0 Å². The van der Waals surface area contributed by atoms with E-state index < -0.39 is 0 Å². The third-order valence-electron chi connectivity index (χ3n) is 1.70. The van der Waals surface area contributed by atoms with Gasteiger partial charge in [0.2, 0.25) is 0 Å². The summed E-state index contributed by atoms with van der Waals surface area (Å²) in [6.07, 6.45) is 1.30. The minimum atomic E-state index is 0.281. The van der Waals surface area contributed by atoms with Crippen molar-refractivity contribution < 1.29 is 9.47 Å². The fourth-order valence-electron chi connectivity index (χ4n) is 0.845. The van der Waals surface area contributed by atoms with E-state index in [-0.39, 0.29) is 6.10 Å². The first-order valence-corrected chi connectivity index (χ1v) is 5.22. The minimum Gasteiger partial charge on any atom is -0.380 e. The summed E-state index contributed by atoms with van der Waals surface area (Å²) in [7, 11) is 1.72. The van der Waals surface area contributed by atoms with Crippen LogP contribution >= 0.6 is 11.6 Å². The number of alkyl halides is 1. The summed E-state index contributed by atoms with van der Waals surface area (Å²) in [5.41, 5.74) is 0. The molecule has 0 aliphatic carbocycles. The van der Waals surface area contributed by atoms with Crippen LogP contribution in [0.25, 0.3) is 0 Å². The van der Waals surface area contributed by atoms with E-state index in [9.17, 15) is 0 Å².